The number of carbonyl (C=O) groups is 1. The van der Waals surface area contributed by atoms with Crippen LogP contribution in [0.3, 0.4) is 0 Å². The minimum absolute atomic E-state index is 0.0359. The fourth-order valence-corrected chi connectivity index (χ4v) is 1.79. The summed E-state index contributed by atoms with van der Waals surface area (Å²) in [5.74, 6) is 0.237. The van der Waals surface area contributed by atoms with Gasteiger partial charge in [0.2, 0.25) is 0 Å². The number of rotatable bonds is 2. The Morgan fingerprint density at radius 2 is 1.85 bits per heavy atom. The van der Waals surface area contributed by atoms with Crippen LogP contribution in [0.4, 0.5) is 0 Å². The first-order chi connectivity index (χ1) is 6.00. The van der Waals surface area contributed by atoms with Crippen molar-refractivity contribution in [2.45, 2.75) is 45.9 Å². The first kappa shape index (κ1) is 10.7. The summed E-state index contributed by atoms with van der Waals surface area (Å²) in [6, 6.07) is 0.0359. The van der Waals surface area contributed by atoms with Crippen molar-refractivity contribution in [1.29, 1.82) is 0 Å². The number of morpholine rings is 1. The minimum Gasteiger partial charge on any atom is -0.373 e. The first-order valence-electron chi connectivity index (χ1n) is 4.90. The first-order valence-corrected chi connectivity index (χ1v) is 4.90. The van der Waals surface area contributed by atoms with Gasteiger partial charge in [-0.05, 0) is 27.7 Å². The van der Waals surface area contributed by atoms with Gasteiger partial charge in [0.1, 0.15) is 5.78 Å². The molecule has 1 aliphatic rings. The Balaban J connectivity index is 2.54. The number of ketones is 1. The van der Waals surface area contributed by atoms with Gasteiger partial charge in [-0.1, -0.05) is 0 Å². The maximum atomic E-state index is 11.2. The van der Waals surface area contributed by atoms with Crippen LogP contribution in [0.2, 0.25) is 0 Å². The van der Waals surface area contributed by atoms with E-state index in [-0.39, 0.29) is 24.0 Å². The third-order valence-corrected chi connectivity index (χ3v) is 2.58. The minimum atomic E-state index is 0.0359. The van der Waals surface area contributed by atoms with Gasteiger partial charge in [-0.15, -0.1) is 0 Å². The number of hydrogen-bond donors (Lipinski definition) is 0. The molecular formula is C10H19NO2. The number of ether oxygens (including phenoxy) is 1. The zero-order valence-corrected chi connectivity index (χ0v) is 8.91. The zero-order chi connectivity index (χ0) is 10.0. The number of hydrogen-bond acceptors (Lipinski definition) is 3. The van der Waals surface area contributed by atoms with Crippen LogP contribution in [0.25, 0.3) is 0 Å². The average molecular weight is 185 g/mol. The molecule has 1 fully saturated rings. The highest BCUT2D eigenvalue weighted by molar-refractivity contribution is 5.80. The van der Waals surface area contributed by atoms with Crippen molar-refractivity contribution < 1.29 is 9.53 Å². The van der Waals surface area contributed by atoms with E-state index in [9.17, 15) is 4.79 Å². The van der Waals surface area contributed by atoms with E-state index in [1.165, 1.54) is 0 Å². The van der Waals surface area contributed by atoms with Crippen molar-refractivity contribution in [1.82, 2.24) is 4.90 Å². The van der Waals surface area contributed by atoms with E-state index in [0.717, 1.165) is 13.1 Å². The van der Waals surface area contributed by atoms with Crippen molar-refractivity contribution in [3.05, 3.63) is 0 Å². The highest BCUT2D eigenvalue weighted by Crippen LogP contribution is 2.13. The van der Waals surface area contributed by atoms with Crippen LogP contribution in [0, 0.1) is 0 Å². The molecule has 0 saturated carbocycles. The predicted octanol–water partition coefficient (Wildman–Crippen LogP) is 1.07. The third-order valence-electron chi connectivity index (χ3n) is 2.58. The maximum absolute atomic E-state index is 11.2. The summed E-state index contributed by atoms with van der Waals surface area (Å²) < 4.78 is 5.59. The summed E-state index contributed by atoms with van der Waals surface area (Å²) in [4.78, 5) is 13.4. The molecular weight excluding hydrogens is 166 g/mol. The Morgan fingerprint density at radius 3 is 2.23 bits per heavy atom. The lowest BCUT2D eigenvalue weighted by Gasteiger charge is -2.37. The van der Waals surface area contributed by atoms with Crippen LogP contribution in [0.15, 0.2) is 0 Å². The molecule has 1 rings (SSSR count). The van der Waals surface area contributed by atoms with Crippen molar-refractivity contribution >= 4 is 5.78 Å². The van der Waals surface area contributed by atoms with E-state index in [0.29, 0.717) is 0 Å². The monoisotopic (exact) mass is 185 g/mol. The largest absolute Gasteiger partial charge is 0.373 e. The van der Waals surface area contributed by atoms with Gasteiger partial charge in [0.15, 0.2) is 0 Å². The predicted molar refractivity (Wildman–Crippen MR) is 51.7 cm³/mol. The van der Waals surface area contributed by atoms with E-state index in [1.807, 2.05) is 6.92 Å². The summed E-state index contributed by atoms with van der Waals surface area (Å²) in [6.07, 6.45) is 0.482. The fourth-order valence-electron chi connectivity index (χ4n) is 1.79. The van der Waals surface area contributed by atoms with Crippen molar-refractivity contribution in [3.8, 4) is 0 Å². The molecule has 0 bridgehead atoms. The van der Waals surface area contributed by atoms with Gasteiger partial charge in [0, 0.05) is 13.1 Å². The van der Waals surface area contributed by atoms with Gasteiger partial charge in [-0.3, -0.25) is 9.69 Å². The summed E-state index contributed by atoms with van der Waals surface area (Å²) >= 11 is 0. The maximum Gasteiger partial charge on any atom is 0.146 e. The van der Waals surface area contributed by atoms with Crippen LogP contribution >= 0.6 is 0 Å². The molecule has 13 heavy (non-hydrogen) atoms. The fraction of sp³-hybridized carbons (Fsp3) is 0.900. The Hall–Kier alpha value is -0.410. The molecule has 0 spiro atoms. The lowest BCUT2D eigenvalue weighted by atomic mass is 10.1. The van der Waals surface area contributed by atoms with Crippen LogP contribution in [0.5, 0.6) is 0 Å². The smallest absolute Gasteiger partial charge is 0.146 e. The van der Waals surface area contributed by atoms with E-state index in [2.05, 4.69) is 18.7 Å². The molecule has 3 unspecified atom stereocenters. The number of nitrogens with zero attached hydrogens (tertiary/aromatic N) is 1. The SMILES string of the molecule is CC(=O)C(C)N1CC(C)OC(C)C1. The summed E-state index contributed by atoms with van der Waals surface area (Å²) in [5.41, 5.74) is 0. The highest BCUT2D eigenvalue weighted by Gasteiger charge is 2.27. The molecule has 0 aromatic carbocycles. The van der Waals surface area contributed by atoms with Crippen LogP contribution in [-0.2, 0) is 9.53 Å². The second-order valence-corrected chi connectivity index (χ2v) is 4.00. The third kappa shape index (κ3) is 2.78. The van der Waals surface area contributed by atoms with Crippen LogP contribution < -0.4 is 0 Å². The van der Waals surface area contributed by atoms with Gasteiger partial charge >= 0.3 is 0 Å². The molecule has 3 atom stereocenters. The Labute approximate surface area is 80.1 Å². The molecule has 1 heterocycles. The second-order valence-electron chi connectivity index (χ2n) is 4.00. The Morgan fingerprint density at radius 1 is 1.38 bits per heavy atom. The molecule has 0 amide bonds. The van der Waals surface area contributed by atoms with Crippen LogP contribution in [0.1, 0.15) is 27.7 Å². The molecule has 0 aromatic heterocycles. The lowest BCUT2D eigenvalue weighted by Crippen LogP contribution is -2.51. The summed E-state index contributed by atoms with van der Waals surface area (Å²) in [7, 11) is 0. The molecule has 1 saturated heterocycles. The molecule has 3 heteroatoms. The van der Waals surface area contributed by atoms with Crippen molar-refractivity contribution in [3.63, 3.8) is 0 Å². The standard InChI is InChI=1S/C10H19NO2/c1-7-5-11(6-8(2)13-7)9(3)10(4)12/h7-9H,5-6H2,1-4H3. The van der Waals surface area contributed by atoms with Gasteiger partial charge in [0.25, 0.3) is 0 Å². The molecule has 0 N–H and O–H groups in total. The summed E-state index contributed by atoms with van der Waals surface area (Å²) in [5, 5.41) is 0. The van der Waals surface area contributed by atoms with Crippen LogP contribution in [-0.4, -0.2) is 42.0 Å². The lowest BCUT2D eigenvalue weighted by molar-refractivity contribution is -0.127. The highest BCUT2D eigenvalue weighted by atomic mass is 16.5. The normalized spacial score (nSPS) is 32.9. The number of carbonyl (C=O) groups excluding carboxylic acids is 1. The Bertz CT molecular complexity index is 183. The Kier molecular flexibility index (Phi) is 3.45. The molecule has 76 valence electrons. The van der Waals surface area contributed by atoms with Gasteiger partial charge < -0.3 is 4.74 Å². The van der Waals surface area contributed by atoms with E-state index in [4.69, 9.17) is 4.74 Å². The quantitative estimate of drug-likeness (QED) is 0.644. The summed E-state index contributed by atoms with van der Waals surface area (Å²) in [6.45, 7) is 9.45. The topological polar surface area (TPSA) is 29.5 Å². The van der Waals surface area contributed by atoms with Crippen molar-refractivity contribution in [2.75, 3.05) is 13.1 Å². The molecule has 0 aromatic rings. The average Bonchev–Trinajstić information content (AvgIpc) is 2.01. The second kappa shape index (κ2) is 4.20. The van der Waals surface area contributed by atoms with Gasteiger partial charge in [0.05, 0.1) is 18.2 Å². The van der Waals surface area contributed by atoms with E-state index < -0.39 is 0 Å². The van der Waals surface area contributed by atoms with E-state index in [1.54, 1.807) is 6.92 Å². The molecule has 3 nitrogen and oxygen atoms in total. The molecule has 1 aliphatic heterocycles. The van der Waals surface area contributed by atoms with E-state index >= 15 is 0 Å². The van der Waals surface area contributed by atoms with Crippen molar-refractivity contribution in [2.24, 2.45) is 0 Å². The molecule has 0 radical (unpaired) electrons. The number of Topliss-reactive ketones (excluding diaryl/α,β-unsaturated/α-hetero) is 1. The zero-order valence-electron chi connectivity index (χ0n) is 8.91. The molecule has 0 aliphatic carbocycles. The van der Waals surface area contributed by atoms with Gasteiger partial charge in [-0.25, -0.2) is 0 Å². The van der Waals surface area contributed by atoms with Gasteiger partial charge in [-0.2, -0.15) is 0 Å².